The van der Waals surface area contributed by atoms with Gasteiger partial charge in [0.25, 0.3) is 0 Å². The SMILES string of the molecule is CCc1ccc2c(CSCc3cc(C(C)=O)ccc3OC)cc(=O)oc2c1. The summed E-state index contributed by atoms with van der Waals surface area (Å²) in [6, 6.07) is 13.1. The van der Waals surface area contributed by atoms with Gasteiger partial charge in [-0.1, -0.05) is 19.1 Å². The van der Waals surface area contributed by atoms with Crippen LogP contribution < -0.4 is 10.4 Å². The lowest BCUT2D eigenvalue weighted by atomic mass is 10.1. The van der Waals surface area contributed by atoms with Crippen LogP contribution in [0.3, 0.4) is 0 Å². The topological polar surface area (TPSA) is 56.5 Å². The molecule has 140 valence electrons. The third-order valence-corrected chi connectivity index (χ3v) is 5.54. The highest BCUT2D eigenvalue weighted by Gasteiger charge is 2.10. The number of rotatable bonds is 7. The second-order valence-electron chi connectivity index (χ2n) is 6.35. The van der Waals surface area contributed by atoms with E-state index in [1.165, 1.54) is 0 Å². The molecule has 0 aliphatic rings. The fourth-order valence-electron chi connectivity index (χ4n) is 2.99. The highest BCUT2D eigenvalue weighted by Crippen LogP contribution is 2.28. The summed E-state index contributed by atoms with van der Waals surface area (Å²) >= 11 is 1.67. The number of hydrogen-bond acceptors (Lipinski definition) is 5. The van der Waals surface area contributed by atoms with E-state index in [-0.39, 0.29) is 11.4 Å². The number of aryl methyl sites for hydroxylation is 1. The average molecular weight is 382 g/mol. The second-order valence-corrected chi connectivity index (χ2v) is 7.34. The van der Waals surface area contributed by atoms with E-state index in [1.807, 2.05) is 24.3 Å². The zero-order valence-electron chi connectivity index (χ0n) is 15.7. The first-order valence-electron chi connectivity index (χ1n) is 8.83. The molecule has 1 heterocycles. The molecule has 0 radical (unpaired) electrons. The molecule has 0 spiro atoms. The van der Waals surface area contributed by atoms with E-state index in [9.17, 15) is 9.59 Å². The summed E-state index contributed by atoms with van der Waals surface area (Å²) in [6.07, 6.45) is 0.894. The number of Topliss-reactive ketones (excluding diaryl/α,β-unsaturated/α-hetero) is 1. The van der Waals surface area contributed by atoms with Crippen molar-refractivity contribution in [1.82, 2.24) is 0 Å². The zero-order chi connectivity index (χ0) is 19.4. The van der Waals surface area contributed by atoms with Gasteiger partial charge in [-0.3, -0.25) is 4.79 Å². The van der Waals surface area contributed by atoms with Gasteiger partial charge in [-0.15, -0.1) is 0 Å². The van der Waals surface area contributed by atoms with E-state index >= 15 is 0 Å². The number of ether oxygens (including phenoxy) is 1. The molecule has 0 fully saturated rings. The van der Waals surface area contributed by atoms with Crippen LogP contribution in [0.15, 0.2) is 51.7 Å². The fraction of sp³-hybridized carbons (Fsp3) is 0.273. The van der Waals surface area contributed by atoms with Crippen molar-refractivity contribution in [1.29, 1.82) is 0 Å². The summed E-state index contributed by atoms with van der Waals surface area (Å²) in [7, 11) is 1.62. The second kappa shape index (κ2) is 8.44. The van der Waals surface area contributed by atoms with Crippen LogP contribution in [0.5, 0.6) is 5.75 Å². The predicted molar refractivity (Wildman–Crippen MR) is 110 cm³/mol. The summed E-state index contributed by atoms with van der Waals surface area (Å²) in [5.74, 6) is 2.14. The Hall–Kier alpha value is -2.53. The average Bonchev–Trinajstić information content (AvgIpc) is 2.67. The van der Waals surface area contributed by atoms with Gasteiger partial charge in [0.15, 0.2) is 5.78 Å². The summed E-state index contributed by atoms with van der Waals surface area (Å²) < 4.78 is 10.8. The van der Waals surface area contributed by atoms with Crippen LogP contribution in [0.25, 0.3) is 11.0 Å². The van der Waals surface area contributed by atoms with Gasteiger partial charge in [-0.25, -0.2) is 4.79 Å². The van der Waals surface area contributed by atoms with Crippen LogP contribution in [0.2, 0.25) is 0 Å². The monoisotopic (exact) mass is 382 g/mol. The Morgan fingerprint density at radius 2 is 1.85 bits per heavy atom. The van der Waals surface area contributed by atoms with Gasteiger partial charge in [0, 0.05) is 34.1 Å². The molecular weight excluding hydrogens is 360 g/mol. The Balaban J connectivity index is 1.82. The Morgan fingerprint density at radius 1 is 1.07 bits per heavy atom. The van der Waals surface area contributed by atoms with Crippen LogP contribution in [0, 0.1) is 0 Å². The van der Waals surface area contributed by atoms with Crippen LogP contribution in [0.1, 0.15) is 40.9 Å². The van der Waals surface area contributed by atoms with E-state index in [4.69, 9.17) is 9.15 Å². The van der Waals surface area contributed by atoms with E-state index in [2.05, 4.69) is 13.0 Å². The van der Waals surface area contributed by atoms with Gasteiger partial charge < -0.3 is 9.15 Å². The molecule has 0 unspecified atom stereocenters. The van der Waals surface area contributed by atoms with E-state index in [1.54, 1.807) is 37.9 Å². The summed E-state index contributed by atoms with van der Waals surface area (Å²) in [6.45, 7) is 3.63. The lowest BCUT2D eigenvalue weighted by Gasteiger charge is -2.11. The van der Waals surface area contributed by atoms with Gasteiger partial charge in [0.2, 0.25) is 0 Å². The van der Waals surface area contributed by atoms with Gasteiger partial charge in [-0.2, -0.15) is 11.8 Å². The van der Waals surface area contributed by atoms with E-state index < -0.39 is 0 Å². The molecule has 2 aromatic carbocycles. The molecule has 0 saturated carbocycles. The Bertz CT molecular complexity index is 1040. The Kier molecular flexibility index (Phi) is 6.01. The molecule has 3 aromatic rings. The van der Waals surface area contributed by atoms with Crippen molar-refractivity contribution in [3.8, 4) is 5.75 Å². The largest absolute Gasteiger partial charge is 0.496 e. The van der Waals surface area contributed by atoms with Gasteiger partial charge in [-0.05, 0) is 48.7 Å². The van der Waals surface area contributed by atoms with Crippen LogP contribution in [0.4, 0.5) is 0 Å². The maximum atomic E-state index is 11.9. The first kappa shape index (κ1) is 19.2. The summed E-state index contributed by atoms with van der Waals surface area (Å²) in [5, 5.41) is 0.962. The zero-order valence-corrected chi connectivity index (χ0v) is 16.5. The summed E-state index contributed by atoms with van der Waals surface area (Å²) in [4.78, 5) is 23.6. The van der Waals surface area contributed by atoms with Crippen LogP contribution in [-0.2, 0) is 17.9 Å². The highest BCUT2D eigenvalue weighted by molar-refractivity contribution is 7.97. The lowest BCUT2D eigenvalue weighted by Crippen LogP contribution is -2.01. The molecule has 0 atom stereocenters. The number of ketones is 1. The normalized spacial score (nSPS) is 10.9. The third kappa shape index (κ3) is 4.42. The molecule has 0 aliphatic heterocycles. The quantitative estimate of drug-likeness (QED) is 0.425. The van der Waals surface area contributed by atoms with Crippen molar-refractivity contribution < 1.29 is 13.9 Å². The maximum Gasteiger partial charge on any atom is 0.336 e. The molecule has 0 saturated heterocycles. The van der Waals surface area contributed by atoms with Crippen LogP contribution >= 0.6 is 11.8 Å². The molecule has 4 nitrogen and oxygen atoms in total. The molecular formula is C22H22O4S. The van der Waals surface area contributed by atoms with Crippen molar-refractivity contribution in [2.75, 3.05) is 7.11 Å². The van der Waals surface area contributed by atoms with Crippen molar-refractivity contribution in [3.05, 3.63) is 75.1 Å². The van der Waals surface area contributed by atoms with Crippen molar-refractivity contribution in [2.45, 2.75) is 31.8 Å². The van der Waals surface area contributed by atoms with Crippen molar-refractivity contribution in [2.24, 2.45) is 0 Å². The Labute approximate surface area is 162 Å². The van der Waals surface area contributed by atoms with Crippen molar-refractivity contribution in [3.63, 3.8) is 0 Å². The fourth-order valence-corrected chi connectivity index (χ4v) is 4.00. The minimum Gasteiger partial charge on any atom is -0.496 e. The molecule has 5 heteroatoms. The number of benzene rings is 2. The van der Waals surface area contributed by atoms with E-state index in [0.717, 1.165) is 34.2 Å². The number of hydrogen-bond donors (Lipinski definition) is 0. The molecule has 27 heavy (non-hydrogen) atoms. The number of carbonyl (C=O) groups is 1. The minimum absolute atomic E-state index is 0.0299. The third-order valence-electron chi connectivity index (χ3n) is 4.50. The summed E-state index contributed by atoms with van der Waals surface area (Å²) in [5.41, 5.74) is 4.04. The van der Waals surface area contributed by atoms with Crippen LogP contribution in [-0.4, -0.2) is 12.9 Å². The smallest absolute Gasteiger partial charge is 0.336 e. The number of fused-ring (bicyclic) bond motifs is 1. The first-order chi connectivity index (χ1) is 13.0. The van der Waals surface area contributed by atoms with Crippen molar-refractivity contribution >= 4 is 28.5 Å². The molecule has 0 aliphatic carbocycles. The van der Waals surface area contributed by atoms with Gasteiger partial charge in [0.1, 0.15) is 11.3 Å². The predicted octanol–water partition coefficient (Wildman–Crippen LogP) is 5.00. The number of carbonyl (C=O) groups excluding carboxylic acids is 1. The maximum absolute atomic E-state index is 11.9. The first-order valence-corrected chi connectivity index (χ1v) is 9.98. The number of methoxy groups -OCH3 is 1. The number of thioether (sulfide) groups is 1. The Morgan fingerprint density at radius 3 is 2.56 bits per heavy atom. The molecule has 1 aromatic heterocycles. The minimum atomic E-state index is -0.331. The molecule has 0 amide bonds. The van der Waals surface area contributed by atoms with Gasteiger partial charge in [0.05, 0.1) is 7.11 Å². The molecule has 0 bridgehead atoms. The van der Waals surface area contributed by atoms with Gasteiger partial charge >= 0.3 is 5.63 Å². The molecule has 3 rings (SSSR count). The van der Waals surface area contributed by atoms with E-state index in [0.29, 0.717) is 22.7 Å². The lowest BCUT2D eigenvalue weighted by molar-refractivity contribution is 0.101. The highest BCUT2D eigenvalue weighted by atomic mass is 32.2. The molecule has 0 N–H and O–H groups in total. The standard InChI is InChI=1S/C22H22O4S/c1-4-15-5-7-19-17(11-22(24)26-21(19)9-15)12-27-13-18-10-16(14(2)23)6-8-20(18)25-3/h5-11H,4,12-13H2,1-3H3.